The monoisotopic (exact) mass is 244 g/mol. The van der Waals surface area contributed by atoms with Gasteiger partial charge in [-0.15, -0.1) is 5.10 Å². The topological polar surface area (TPSA) is 76.9 Å². The van der Waals surface area contributed by atoms with Crippen LogP contribution in [0.3, 0.4) is 0 Å². The molecule has 1 aliphatic heterocycles. The molecule has 1 atom stereocenters. The summed E-state index contributed by atoms with van der Waals surface area (Å²) in [6.07, 6.45) is 3.49. The molecule has 1 fully saturated rings. The van der Waals surface area contributed by atoms with Crippen molar-refractivity contribution in [1.82, 2.24) is 20.3 Å². The minimum Gasteiger partial charge on any atom is -0.307 e. The molecule has 90 valence electrons. The lowest BCUT2D eigenvalue weighted by Crippen LogP contribution is -2.39. The first-order chi connectivity index (χ1) is 7.55. The van der Waals surface area contributed by atoms with Crippen molar-refractivity contribution in [2.45, 2.75) is 25.4 Å². The minimum atomic E-state index is -2.83. The zero-order chi connectivity index (χ0) is 11.6. The highest BCUT2D eigenvalue weighted by atomic mass is 32.2. The molecule has 7 heteroatoms. The average molecular weight is 244 g/mol. The van der Waals surface area contributed by atoms with E-state index in [9.17, 15) is 8.42 Å². The quantitative estimate of drug-likeness (QED) is 0.774. The third kappa shape index (κ3) is 3.02. The summed E-state index contributed by atoms with van der Waals surface area (Å²) in [5.41, 5.74) is 0.838. The van der Waals surface area contributed by atoms with Crippen LogP contribution in [0.1, 0.15) is 18.5 Å². The number of nitrogens with one attached hydrogen (secondary N) is 1. The fraction of sp³-hybridized carbons (Fsp3) is 0.778. The van der Waals surface area contributed by atoms with Crippen LogP contribution >= 0.6 is 0 Å². The van der Waals surface area contributed by atoms with Crippen LogP contribution in [0.25, 0.3) is 0 Å². The van der Waals surface area contributed by atoms with E-state index in [0.29, 0.717) is 12.3 Å². The molecule has 1 unspecified atom stereocenters. The van der Waals surface area contributed by atoms with Crippen molar-refractivity contribution in [1.29, 1.82) is 0 Å². The van der Waals surface area contributed by atoms with Gasteiger partial charge in [0, 0.05) is 25.8 Å². The predicted octanol–water partition coefficient (Wildman–Crippen LogP) is -0.518. The van der Waals surface area contributed by atoms with E-state index in [-0.39, 0.29) is 11.8 Å². The Balaban J connectivity index is 1.86. The zero-order valence-corrected chi connectivity index (χ0v) is 10.1. The largest absolute Gasteiger partial charge is 0.307 e. The Labute approximate surface area is 95.0 Å². The first-order valence-electron chi connectivity index (χ1n) is 5.34. The second kappa shape index (κ2) is 4.50. The second-order valence-electron chi connectivity index (χ2n) is 4.22. The van der Waals surface area contributed by atoms with Crippen LogP contribution in [0.4, 0.5) is 0 Å². The summed E-state index contributed by atoms with van der Waals surface area (Å²) < 4.78 is 24.4. The molecule has 0 aromatic carbocycles. The van der Waals surface area contributed by atoms with E-state index in [1.807, 2.05) is 13.2 Å². The van der Waals surface area contributed by atoms with Crippen LogP contribution in [-0.4, -0.2) is 41.0 Å². The lowest BCUT2D eigenvalue weighted by atomic mass is 10.2. The van der Waals surface area contributed by atoms with E-state index in [1.54, 1.807) is 4.68 Å². The van der Waals surface area contributed by atoms with Gasteiger partial charge in [0.1, 0.15) is 0 Å². The SMILES string of the molecule is Cn1cc(CNC2CCCS(=O)(=O)C2)nn1. The molecular weight excluding hydrogens is 228 g/mol. The summed E-state index contributed by atoms with van der Waals surface area (Å²) in [4.78, 5) is 0. The summed E-state index contributed by atoms with van der Waals surface area (Å²) in [7, 11) is -1.03. The van der Waals surface area contributed by atoms with E-state index in [0.717, 1.165) is 18.5 Å². The van der Waals surface area contributed by atoms with Crippen LogP contribution in [-0.2, 0) is 23.4 Å². The van der Waals surface area contributed by atoms with Crippen molar-refractivity contribution < 1.29 is 8.42 Å². The van der Waals surface area contributed by atoms with Crippen LogP contribution < -0.4 is 5.32 Å². The Morgan fingerprint density at radius 3 is 3.06 bits per heavy atom. The fourth-order valence-electron chi connectivity index (χ4n) is 1.91. The van der Waals surface area contributed by atoms with Crippen molar-refractivity contribution in [3.8, 4) is 0 Å². The van der Waals surface area contributed by atoms with E-state index in [2.05, 4.69) is 15.6 Å². The molecule has 1 aromatic rings. The average Bonchev–Trinajstić information content (AvgIpc) is 2.60. The highest BCUT2D eigenvalue weighted by molar-refractivity contribution is 7.91. The van der Waals surface area contributed by atoms with Gasteiger partial charge in [0.05, 0.1) is 17.2 Å². The van der Waals surface area contributed by atoms with Crippen molar-refractivity contribution in [2.24, 2.45) is 7.05 Å². The molecule has 0 amide bonds. The normalized spacial score (nSPS) is 24.4. The van der Waals surface area contributed by atoms with Gasteiger partial charge in [-0.2, -0.15) is 0 Å². The van der Waals surface area contributed by atoms with E-state index in [4.69, 9.17) is 0 Å². The molecule has 0 bridgehead atoms. The van der Waals surface area contributed by atoms with Gasteiger partial charge >= 0.3 is 0 Å². The van der Waals surface area contributed by atoms with Crippen molar-refractivity contribution in [2.75, 3.05) is 11.5 Å². The molecule has 16 heavy (non-hydrogen) atoms. The Kier molecular flexibility index (Phi) is 3.25. The molecule has 1 aliphatic rings. The smallest absolute Gasteiger partial charge is 0.151 e. The highest BCUT2D eigenvalue weighted by Crippen LogP contribution is 2.12. The molecule has 6 nitrogen and oxygen atoms in total. The molecule has 0 aliphatic carbocycles. The Morgan fingerprint density at radius 2 is 2.44 bits per heavy atom. The van der Waals surface area contributed by atoms with Crippen LogP contribution in [0, 0.1) is 0 Å². The Morgan fingerprint density at radius 1 is 1.62 bits per heavy atom. The third-order valence-electron chi connectivity index (χ3n) is 2.69. The van der Waals surface area contributed by atoms with E-state index in [1.165, 1.54) is 0 Å². The Bertz CT molecular complexity index is 454. The van der Waals surface area contributed by atoms with Gasteiger partial charge < -0.3 is 5.32 Å². The second-order valence-corrected chi connectivity index (χ2v) is 6.45. The molecule has 0 radical (unpaired) electrons. The first kappa shape index (κ1) is 11.5. The Hall–Kier alpha value is -0.950. The molecule has 2 rings (SSSR count). The number of hydrogen-bond acceptors (Lipinski definition) is 5. The first-order valence-corrected chi connectivity index (χ1v) is 7.16. The maximum Gasteiger partial charge on any atom is 0.151 e. The number of nitrogens with zero attached hydrogens (tertiary/aromatic N) is 3. The lowest BCUT2D eigenvalue weighted by Gasteiger charge is -2.22. The third-order valence-corrected chi connectivity index (χ3v) is 4.51. The fourth-order valence-corrected chi connectivity index (χ4v) is 3.58. The van der Waals surface area contributed by atoms with Gasteiger partial charge in [-0.3, -0.25) is 4.68 Å². The standard InChI is InChI=1S/C9H16N4O2S/c1-13-6-9(11-12-13)5-10-8-3-2-4-16(14,15)7-8/h6,8,10H,2-5,7H2,1H3. The molecule has 1 aromatic heterocycles. The van der Waals surface area contributed by atoms with Crippen LogP contribution in [0.15, 0.2) is 6.20 Å². The maximum absolute atomic E-state index is 11.4. The molecule has 2 heterocycles. The van der Waals surface area contributed by atoms with E-state index >= 15 is 0 Å². The summed E-state index contributed by atoms with van der Waals surface area (Å²) in [5.74, 6) is 0.573. The van der Waals surface area contributed by atoms with Gasteiger partial charge in [-0.1, -0.05) is 5.21 Å². The molecule has 0 spiro atoms. The number of aromatic nitrogens is 3. The molecule has 0 saturated carbocycles. The number of aryl methyl sites for hydroxylation is 1. The number of sulfone groups is 1. The van der Waals surface area contributed by atoms with Gasteiger partial charge in [-0.05, 0) is 12.8 Å². The van der Waals surface area contributed by atoms with Crippen molar-refractivity contribution in [3.63, 3.8) is 0 Å². The summed E-state index contributed by atoms with van der Waals surface area (Å²) >= 11 is 0. The predicted molar refractivity (Wildman–Crippen MR) is 59.5 cm³/mol. The highest BCUT2D eigenvalue weighted by Gasteiger charge is 2.24. The van der Waals surface area contributed by atoms with Crippen molar-refractivity contribution in [3.05, 3.63) is 11.9 Å². The zero-order valence-electron chi connectivity index (χ0n) is 9.26. The van der Waals surface area contributed by atoms with Gasteiger partial charge in [0.2, 0.25) is 0 Å². The van der Waals surface area contributed by atoms with Gasteiger partial charge in [0.25, 0.3) is 0 Å². The maximum atomic E-state index is 11.4. The summed E-state index contributed by atoms with van der Waals surface area (Å²) in [6.45, 7) is 0.577. The van der Waals surface area contributed by atoms with Crippen LogP contribution in [0.5, 0.6) is 0 Å². The minimum absolute atomic E-state index is 0.0563. The van der Waals surface area contributed by atoms with E-state index < -0.39 is 9.84 Å². The number of hydrogen-bond donors (Lipinski definition) is 1. The lowest BCUT2D eigenvalue weighted by molar-refractivity contribution is 0.477. The molecule has 1 N–H and O–H groups in total. The molecule has 1 saturated heterocycles. The van der Waals surface area contributed by atoms with Gasteiger partial charge in [0.15, 0.2) is 9.84 Å². The summed E-state index contributed by atoms with van der Waals surface area (Å²) in [5, 5.41) is 11.0. The van der Waals surface area contributed by atoms with Gasteiger partial charge in [-0.25, -0.2) is 8.42 Å². The molecular formula is C9H16N4O2S. The van der Waals surface area contributed by atoms with Crippen LogP contribution in [0.2, 0.25) is 0 Å². The number of rotatable bonds is 3. The summed E-state index contributed by atoms with van der Waals surface area (Å²) in [6, 6.07) is 0.0563. The van der Waals surface area contributed by atoms with Crippen molar-refractivity contribution >= 4 is 9.84 Å².